The van der Waals surface area contributed by atoms with E-state index in [0.29, 0.717) is 11.3 Å². The van der Waals surface area contributed by atoms with Gasteiger partial charge < -0.3 is 21.4 Å². The number of allylic oxidation sites excluding steroid dienone is 1. The van der Waals surface area contributed by atoms with Gasteiger partial charge in [0.2, 0.25) is 0 Å². The van der Waals surface area contributed by atoms with Gasteiger partial charge in [0.1, 0.15) is 22.8 Å². The molecular formula is C19H16N6O5S2. The second-order valence-electron chi connectivity index (χ2n) is 6.67. The van der Waals surface area contributed by atoms with Crippen LogP contribution in [0.25, 0.3) is 6.08 Å². The van der Waals surface area contributed by atoms with E-state index in [1.807, 2.05) is 0 Å². The molecule has 2 aliphatic heterocycles. The standard InChI is InChI=1S/C19H16N6O5S2/c20-19-22-11(8-32-19)12(24-30)15(26)23-13-16(27)25-14(18(28)29)10(7-31-17(13)25)2-1-9-3-5-21-6-4-9/h1-6,8,13,17,30H,7H2,(H2,20,22)(H,23,26)(H,28,29)/b2-1+,24-12?/t13-,17+/m1/s1. The topological polar surface area (TPSA) is 171 Å². The van der Waals surface area contributed by atoms with E-state index in [-0.39, 0.29) is 22.2 Å². The Morgan fingerprint density at radius 2 is 2.06 bits per heavy atom. The lowest BCUT2D eigenvalue weighted by atomic mass is 10.0. The number of amides is 2. The van der Waals surface area contributed by atoms with Crippen LogP contribution in [0.5, 0.6) is 0 Å². The molecule has 13 heteroatoms. The van der Waals surface area contributed by atoms with Crippen molar-refractivity contribution in [3.8, 4) is 0 Å². The first kappa shape index (κ1) is 21.5. The van der Waals surface area contributed by atoms with Gasteiger partial charge in [0, 0.05) is 23.5 Å². The molecule has 1 saturated heterocycles. The lowest BCUT2D eigenvalue weighted by Crippen LogP contribution is -2.71. The summed E-state index contributed by atoms with van der Waals surface area (Å²) in [6, 6.07) is 2.57. The zero-order valence-electron chi connectivity index (χ0n) is 16.2. The molecule has 0 radical (unpaired) electrons. The van der Waals surface area contributed by atoms with Crippen LogP contribution in [-0.4, -0.2) is 65.8 Å². The van der Waals surface area contributed by atoms with E-state index in [1.165, 1.54) is 17.1 Å². The van der Waals surface area contributed by atoms with Crippen molar-refractivity contribution in [1.82, 2.24) is 20.2 Å². The largest absolute Gasteiger partial charge is 0.477 e. The summed E-state index contributed by atoms with van der Waals surface area (Å²) in [7, 11) is 0. The smallest absolute Gasteiger partial charge is 0.352 e. The summed E-state index contributed by atoms with van der Waals surface area (Å²) < 4.78 is 0. The maximum Gasteiger partial charge on any atom is 0.352 e. The number of rotatable bonds is 6. The summed E-state index contributed by atoms with van der Waals surface area (Å²) in [6.07, 6.45) is 6.64. The highest BCUT2D eigenvalue weighted by atomic mass is 32.2. The third-order valence-electron chi connectivity index (χ3n) is 4.75. The summed E-state index contributed by atoms with van der Waals surface area (Å²) in [5.41, 5.74) is 6.41. The average molecular weight is 473 g/mol. The Balaban J connectivity index is 1.52. The van der Waals surface area contributed by atoms with Gasteiger partial charge in [-0.2, -0.15) is 0 Å². The number of anilines is 1. The van der Waals surface area contributed by atoms with Crippen LogP contribution >= 0.6 is 23.1 Å². The number of carboxylic acids is 1. The first-order valence-corrected chi connectivity index (χ1v) is 11.1. The number of oxime groups is 1. The van der Waals surface area contributed by atoms with Gasteiger partial charge in [-0.25, -0.2) is 9.78 Å². The molecule has 2 aromatic heterocycles. The van der Waals surface area contributed by atoms with Crippen molar-refractivity contribution in [2.75, 3.05) is 11.5 Å². The molecule has 0 aliphatic carbocycles. The highest BCUT2D eigenvalue weighted by Gasteiger charge is 2.54. The third kappa shape index (κ3) is 3.94. The van der Waals surface area contributed by atoms with Gasteiger partial charge >= 0.3 is 5.97 Å². The van der Waals surface area contributed by atoms with E-state index in [9.17, 15) is 24.7 Å². The molecule has 2 atom stereocenters. The molecule has 32 heavy (non-hydrogen) atoms. The van der Waals surface area contributed by atoms with Gasteiger partial charge in [0.15, 0.2) is 10.8 Å². The van der Waals surface area contributed by atoms with Crippen molar-refractivity contribution in [3.63, 3.8) is 0 Å². The Kier molecular flexibility index (Phi) is 5.92. The number of nitrogens with two attached hydrogens (primary N) is 1. The second kappa shape index (κ2) is 8.80. The molecule has 0 saturated carbocycles. The number of carbonyl (C=O) groups is 3. The maximum atomic E-state index is 12.7. The molecule has 2 aromatic rings. The van der Waals surface area contributed by atoms with Crippen molar-refractivity contribution in [3.05, 3.63) is 58.5 Å². The number of thiazole rings is 1. The number of β-lactam (4-membered cyclic amide) rings is 1. The molecule has 4 rings (SSSR count). The SMILES string of the molecule is Nc1nc(C(=NO)C(=O)N[C@@H]2C(=O)N3C(C(=O)O)=C(/C=C/c4ccncc4)CS[C@@H]23)cs1. The zero-order chi connectivity index (χ0) is 22.8. The highest BCUT2D eigenvalue weighted by molar-refractivity contribution is 8.00. The van der Waals surface area contributed by atoms with Gasteiger partial charge in [-0.3, -0.25) is 19.5 Å². The van der Waals surface area contributed by atoms with E-state index in [0.717, 1.165) is 21.8 Å². The number of nitrogens with zero attached hydrogens (tertiary/aromatic N) is 4. The van der Waals surface area contributed by atoms with E-state index in [1.54, 1.807) is 36.7 Å². The van der Waals surface area contributed by atoms with Crippen molar-refractivity contribution < 1.29 is 24.7 Å². The Morgan fingerprint density at radius 1 is 1.31 bits per heavy atom. The molecule has 1 fully saturated rings. The minimum Gasteiger partial charge on any atom is -0.477 e. The number of pyridine rings is 1. The van der Waals surface area contributed by atoms with Crippen LogP contribution in [0.3, 0.4) is 0 Å². The lowest BCUT2D eigenvalue weighted by molar-refractivity contribution is -0.150. The fourth-order valence-corrected chi connectivity index (χ4v) is 5.13. The zero-order valence-corrected chi connectivity index (χ0v) is 17.8. The van der Waals surface area contributed by atoms with Gasteiger partial charge in [0.25, 0.3) is 11.8 Å². The highest BCUT2D eigenvalue weighted by Crippen LogP contribution is 2.40. The van der Waals surface area contributed by atoms with E-state index < -0.39 is 29.2 Å². The summed E-state index contributed by atoms with van der Waals surface area (Å²) in [5, 5.41) is 25.4. The first-order valence-electron chi connectivity index (χ1n) is 9.14. The number of nitrogen functional groups attached to an aromatic ring is 1. The number of thioether (sulfide) groups is 1. The van der Waals surface area contributed by atoms with Crippen LogP contribution in [0.4, 0.5) is 5.13 Å². The van der Waals surface area contributed by atoms with Crippen molar-refractivity contribution in [1.29, 1.82) is 0 Å². The van der Waals surface area contributed by atoms with Gasteiger partial charge in [-0.1, -0.05) is 17.3 Å². The maximum absolute atomic E-state index is 12.7. The number of aliphatic carboxylic acids is 1. The Labute approximate surface area is 189 Å². The van der Waals surface area contributed by atoms with E-state index in [4.69, 9.17) is 5.73 Å². The summed E-state index contributed by atoms with van der Waals surface area (Å²) in [6.45, 7) is 0. The lowest BCUT2D eigenvalue weighted by Gasteiger charge is -2.49. The van der Waals surface area contributed by atoms with Crippen LogP contribution in [0, 0.1) is 0 Å². The predicted octanol–water partition coefficient (Wildman–Crippen LogP) is 0.751. The fraction of sp³-hybridized carbons (Fsp3) is 0.158. The third-order valence-corrected chi connectivity index (χ3v) is 6.73. The van der Waals surface area contributed by atoms with Crippen LogP contribution in [0.1, 0.15) is 11.3 Å². The van der Waals surface area contributed by atoms with Crippen molar-refractivity contribution >= 4 is 57.8 Å². The van der Waals surface area contributed by atoms with Gasteiger partial charge in [-0.05, 0) is 23.3 Å². The van der Waals surface area contributed by atoms with Gasteiger partial charge in [-0.15, -0.1) is 23.1 Å². The molecule has 4 heterocycles. The molecule has 164 valence electrons. The minimum absolute atomic E-state index is 0.0714. The molecule has 5 N–H and O–H groups in total. The fourth-order valence-electron chi connectivity index (χ4n) is 3.26. The van der Waals surface area contributed by atoms with Crippen LogP contribution in [0.15, 0.2) is 52.4 Å². The first-order chi connectivity index (χ1) is 15.4. The van der Waals surface area contributed by atoms with E-state index >= 15 is 0 Å². The van der Waals surface area contributed by atoms with Crippen molar-refractivity contribution in [2.24, 2.45) is 5.16 Å². The molecular weight excluding hydrogens is 456 g/mol. The molecule has 0 bridgehead atoms. The Morgan fingerprint density at radius 3 is 2.69 bits per heavy atom. The number of carbonyl (C=O) groups excluding carboxylic acids is 2. The molecule has 11 nitrogen and oxygen atoms in total. The molecule has 0 spiro atoms. The number of hydrogen-bond donors (Lipinski definition) is 4. The number of fused-ring (bicyclic) bond motifs is 1. The number of aromatic nitrogens is 2. The predicted molar refractivity (Wildman–Crippen MR) is 118 cm³/mol. The van der Waals surface area contributed by atoms with Crippen molar-refractivity contribution in [2.45, 2.75) is 11.4 Å². The van der Waals surface area contributed by atoms with Crippen LogP contribution in [0.2, 0.25) is 0 Å². The van der Waals surface area contributed by atoms with E-state index in [2.05, 4.69) is 20.4 Å². The number of carboxylic acid groups (broad SMARTS) is 1. The average Bonchev–Trinajstić information content (AvgIpc) is 3.22. The normalized spacial score (nSPS) is 20.8. The molecule has 2 amide bonds. The summed E-state index contributed by atoms with van der Waals surface area (Å²) >= 11 is 2.38. The summed E-state index contributed by atoms with van der Waals surface area (Å²) in [5.74, 6) is -2.30. The quantitative estimate of drug-likeness (QED) is 0.205. The Hall–Kier alpha value is -3.71. The number of hydrogen-bond acceptors (Lipinski definition) is 10. The second-order valence-corrected chi connectivity index (χ2v) is 8.67. The molecule has 2 aliphatic rings. The van der Waals surface area contributed by atoms with Crippen LogP contribution < -0.4 is 11.1 Å². The Bertz CT molecular complexity index is 1180. The minimum atomic E-state index is -1.24. The summed E-state index contributed by atoms with van der Waals surface area (Å²) in [4.78, 5) is 46.2. The monoisotopic (exact) mass is 472 g/mol. The molecule has 0 aromatic carbocycles. The molecule has 0 unspecified atom stereocenters. The van der Waals surface area contributed by atoms with Gasteiger partial charge in [0.05, 0.1) is 0 Å². The number of nitrogens with one attached hydrogen (secondary N) is 1. The van der Waals surface area contributed by atoms with Crippen LogP contribution in [-0.2, 0) is 14.4 Å².